The van der Waals surface area contributed by atoms with E-state index < -0.39 is 6.10 Å². The largest absolute Gasteiger partial charge is 0.363 e. The summed E-state index contributed by atoms with van der Waals surface area (Å²) < 4.78 is 8.32. The second-order valence-electron chi connectivity index (χ2n) is 8.76. The van der Waals surface area contributed by atoms with E-state index in [1.165, 1.54) is 0 Å². The molecule has 0 spiro atoms. The first-order chi connectivity index (χ1) is 18.2. The van der Waals surface area contributed by atoms with Crippen molar-refractivity contribution in [3.63, 3.8) is 0 Å². The van der Waals surface area contributed by atoms with Crippen molar-refractivity contribution in [1.82, 2.24) is 9.55 Å². The predicted molar refractivity (Wildman–Crippen MR) is 143 cm³/mol. The summed E-state index contributed by atoms with van der Waals surface area (Å²) in [5.74, 6) is 0. The third-order valence-electron chi connectivity index (χ3n) is 6.39. The van der Waals surface area contributed by atoms with Gasteiger partial charge in [-0.25, -0.2) is 4.98 Å². The summed E-state index contributed by atoms with van der Waals surface area (Å²) in [4.78, 5) is 4.28. The summed E-state index contributed by atoms with van der Waals surface area (Å²) in [5.41, 5.74) is 7.96. The van der Waals surface area contributed by atoms with Crippen LogP contribution in [0.4, 0.5) is 0 Å². The first-order valence-corrected chi connectivity index (χ1v) is 11.9. The second kappa shape index (κ2) is 10.7. The Morgan fingerprint density at radius 3 is 2.22 bits per heavy atom. The van der Waals surface area contributed by atoms with Crippen molar-refractivity contribution in [1.29, 1.82) is 10.5 Å². The van der Waals surface area contributed by atoms with Gasteiger partial charge in [-0.15, -0.1) is 0 Å². The maximum atomic E-state index is 10.2. The van der Waals surface area contributed by atoms with Crippen molar-refractivity contribution in [2.75, 3.05) is 0 Å². The van der Waals surface area contributed by atoms with E-state index in [0.717, 1.165) is 39.1 Å². The molecule has 5 aromatic rings. The zero-order valence-electron chi connectivity index (χ0n) is 20.4. The number of nitrogens with zero attached hydrogens (tertiary/aromatic N) is 4. The smallest absolute Gasteiger partial charge is 0.125 e. The Labute approximate surface area is 216 Å². The minimum atomic E-state index is -0.423. The van der Waals surface area contributed by atoms with Crippen molar-refractivity contribution >= 4 is 0 Å². The highest BCUT2D eigenvalue weighted by molar-refractivity contribution is 5.86. The topological polar surface area (TPSA) is 74.6 Å². The number of aryl methyl sites for hydroxylation is 1. The molecule has 178 valence electrons. The maximum absolute atomic E-state index is 10.2. The number of imidazole rings is 1. The number of benzene rings is 4. The van der Waals surface area contributed by atoms with Crippen LogP contribution in [-0.2, 0) is 18.4 Å². The van der Waals surface area contributed by atoms with Crippen LogP contribution in [0.1, 0.15) is 34.1 Å². The van der Waals surface area contributed by atoms with Gasteiger partial charge in [0.2, 0.25) is 0 Å². The average Bonchev–Trinajstić information content (AvgIpc) is 3.39. The lowest BCUT2D eigenvalue weighted by Crippen LogP contribution is -2.11. The van der Waals surface area contributed by atoms with Crippen LogP contribution in [0.2, 0.25) is 0 Å². The standard InChI is InChI=1S/C32H24N4O/c1-36-22-35-20-31(36)32(37-21-24-13-11-23(18-33)12-14-24)26-15-16-29(27(17-26)19-34)30-10-6-5-9-28(30)25-7-3-2-4-8-25/h2-17,20,22,32H,21H2,1H3. The fraction of sp³-hybridized carbons (Fsp3) is 0.0938. The van der Waals surface area contributed by atoms with Crippen LogP contribution >= 0.6 is 0 Å². The van der Waals surface area contributed by atoms with Crippen molar-refractivity contribution in [2.24, 2.45) is 7.05 Å². The number of hydrogen-bond acceptors (Lipinski definition) is 4. The molecule has 0 bridgehead atoms. The van der Waals surface area contributed by atoms with Gasteiger partial charge in [-0.2, -0.15) is 10.5 Å². The lowest BCUT2D eigenvalue weighted by Gasteiger charge is -2.20. The highest BCUT2D eigenvalue weighted by Crippen LogP contribution is 2.36. The van der Waals surface area contributed by atoms with Crippen LogP contribution in [0.15, 0.2) is 110 Å². The third-order valence-corrected chi connectivity index (χ3v) is 6.39. The summed E-state index contributed by atoms with van der Waals surface area (Å²) in [6, 6.07) is 36.2. The van der Waals surface area contributed by atoms with E-state index in [1.54, 1.807) is 24.7 Å². The van der Waals surface area contributed by atoms with Crippen LogP contribution < -0.4 is 0 Å². The minimum Gasteiger partial charge on any atom is -0.363 e. The highest BCUT2D eigenvalue weighted by Gasteiger charge is 2.21. The van der Waals surface area contributed by atoms with Crippen molar-refractivity contribution in [3.8, 4) is 34.4 Å². The molecule has 4 aromatic carbocycles. The van der Waals surface area contributed by atoms with Crippen LogP contribution in [0.3, 0.4) is 0 Å². The van der Waals surface area contributed by atoms with Gasteiger partial charge >= 0.3 is 0 Å². The zero-order chi connectivity index (χ0) is 25.6. The molecular weight excluding hydrogens is 456 g/mol. The maximum Gasteiger partial charge on any atom is 0.125 e. The van der Waals surface area contributed by atoms with Gasteiger partial charge in [0.1, 0.15) is 6.10 Å². The summed E-state index contributed by atoms with van der Waals surface area (Å²) in [6.07, 6.45) is 3.10. The Kier molecular flexibility index (Phi) is 6.90. The van der Waals surface area contributed by atoms with Crippen molar-refractivity contribution in [2.45, 2.75) is 12.7 Å². The minimum absolute atomic E-state index is 0.349. The van der Waals surface area contributed by atoms with Gasteiger partial charge in [0.05, 0.1) is 48.1 Å². The molecule has 0 N–H and O–H groups in total. The van der Waals surface area contributed by atoms with Crippen LogP contribution in [0, 0.1) is 22.7 Å². The molecule has 0 amide bonds. The average molecular weight is 481 g/mol. The molecule has 0 aliphatic heterocycles. The van der Waals surface area contributed by atoms with Crippen LogP contribution in [-0.4, -0.2) is 9.55 Å². The summed E-state index contributed by atoms with van der Waals surface area (Å²) in [6.45, 7) is 0.349. The first kappa shape index (κ1) is 23.8. The van der Waals surface area contributed by atoms with Crippen molar-refractivity contribution in [3.05, 3.63) is 138 Å². The van der Waals surface area contributed by atoms with E-state index in [0.29, 0.717) is 17.7 Å². The molecule has 1 aromatic heterocycles. The summed E-state index contributed by atoms with van der Waals surface area (Å²) in [5, 5.41) is 19.2. The summed E-state index contributed by atoms with van der Waals surface area (Å²) in [7, 11) is 1.93. The van der Waals surface area contributed by atoms with E-state index in [1.807, 2.05) is 72.3 Å². The Balaban J connectivity index is 1.52. The van der Waals surface area contributed by atoms with E-state index in [9.17, 15) is 5.26 Å². The van der Waals surface area contributed by atoms with Gasteiger partial charge in [0.25, 0.3) is 0 Å². The molecule has 1 unspecified atom stereocenters. The number of nitriles is 2. The molecule has 0 radical (unpaired) electrons. The lowest BCUT2D eigenvalue weighted by atomic mass is 9.90. The molecule has 0 aliphatic rings. The first-order valence-electron chi connectivity index (χ1n) is 11.9. The number of rotatable bonds is 7. The molecule has 0 saturated heterocycles. The zero-order valence-corrected chi connectivity index (χ0v) is 20.4. The van der Waals surface area contributed by atoms with Gasteiger partial charge in [0, 0.05) is 12.6 Å². The Morgan fingerprint density at radius 2 is 1.54 bits per heavy atom. The molecule has 1 heterocycles. The number of ether oxygens (including phenoxy) is 1. The molecule has 37 heavy (non-hydrogen) atoms. The normalized spacial score (nSPS) is 11.4. The van der Waals surface area contributed by atoms with Gasteiger partial charge in [-0.3, -0.25) is 0 Å². The molecular formula is C32H24N4O. The Morgan fingerprint density at radius 1 is 0.811 bits per heavy atom. The molecule has 0 saturated carbocycles. The molecule has 1 atom stereocenters. The molecule has 5 nitrogen and oxygen atoms in total. The van der Waals surface area contributed by atoms with Crippen LogP contribution in [0.25, 0.3) is 22.3 Å². The van der Waals surface area contributed by atoms with Crippen molar-refractivity contribution < 1.29 is 4.74 Å². The quantitative estimate of drug-likeness (QED) is 0.257. The second-order valence-corrected chi connectivity index (χ2v) is 8.76. The lowest BCUT2D eigenvalue weighted by molar-refractivity contribution is 0.0622. The fourth-order valence-corrected chi connectivity index (χ4v) is 4.47. The summed E-state index contributed by atoms with van der Waals surface area (Å²) >= 11 is 0. The highest BCUT2D eigenvalue weighted by atomic mass is 16.5. The Bertz CT molecular complexity index is 1610. The number of hydrogen-bond donors (Lipinski definition) is 0. The van der Waals surface area contributed by atoms with Gasteiger partial charge in [-0.1, -0.05) is 78.9 Å². The molecule has 5 rings (SSSR count). The van der Waals surface area contributed by atoms with Crippen LogP contribution in [0.5, 0.6) is 0 Å². The van der Waals surface area contributed by atoms with Gasteiger partial charge < -0.3 is 9.30 Å². The van der Waals surface area contributed by atoms with E-state index in [-0.39, 0.29) is 0 Å². The Hall–Kier alpha value is -4.97. The molecule has 0 aliphatic carbocycles. The SMILES string of the molecule is Cn1cncc1C(OCc1ccc(C#N)cc1)c1ccc(-c2ccccc2-c2ccccc2)c(C#N)c1. The fourth-order valence-electron chi connectivity index (χ4n) is 4.47. The molecule has 0 fully saturated rings. The predicted octanol–water partition coefficient (Wildman–Crippen LogP) is 6.80. The van der Waals surface area contributed by atoms with E-state index in [4.69, 9.17) is 10.00 Å². The van der Waals surface area contributed by atoms with Gasteiger partial charge in [0.15, 0.2) is 0 Å². The van der Waals surface area contributed by atoms with E-state index in [2.05, 4.69) is 41.4 Å². The van der Waals surface area contributed by atoms with Gasteiger partial charge in [-0.05, 0) is 46.0 Å². The van der Waals surface area contributed by atoms with E-state index >= 15 is 0 Å². The number of aromatic nitrogens is 2. The monoisotopic (exact) mass is 480 g/mol. The third kappa shape index (κ3) is 5.04. The molecule has 5 heteroatoms.